The summed E-state index contributed by atoms with van der Waals surface area (Å²) in [5.41, 5.74) is -0.797. The fraction of sp³-hybridized carbons (Fsp3) is 0.235. The van der Waals surface area contributed by atoms with E-state index in [4.69, 9.17) is 4.74 Å². The van der Waals surface area contributed by atoms with E-state index in [1.54, 1.807) is 25.1 Å². The van der Waals surface area contributed by atoms with Gasteiger partial charge in [0.25, 0.3) is 0 Å². The predicted octanol–water partition coefficient (Wildman–Crippen LogP) is 3.29. The van der Waals surface area contributed by atoms with Crippen molar-refractivity contribution in [2.24, 2.45) is 0 Å². The number of hydrogen-bond donors (Lipinski definition) is 1. The number of ether oxygens (including phenoxy) is 1. The molecule has 0 aliphatic heterocycles. The van der Waals surface area contributed by atoms with Crippen molar-refractivity contribution in [1.82, 2.24) is 4.72 Å². The Kier molecular flexibility index (Phi) is 6.04. The lowest BCUT2D eigenvalue weighted by molar-refractivity contribution is -0.145. The van der Waals surface area contributed by atoms with Gasteiger partial charge >= 0.3 is 12.1 Å². The monoisotopic (exact) mass is 387 g/mol. The molecule has 0 bridgehead atoms. The molecule has 1 atom stereocenters. The zero-order valence-corrected chi connectivity index (χ0v) is 14.5. The van der Waals surface area contributed by atoms with Crippen molar-refractivity contribution in [2.75, 3.05) is 6.61 Å². The molecule has 140 valence electrons. The van der Waals surface area contributed by atoms with Crippen molar-refractivity contribution >= 4 is 16.0 Å². The van der Waals surface area contributed by atoms with Crippen molar-refractivity contribution in [1.29, 1.82) is 0 Å². The molecule has 0 saturated heterocycles. The van der Waals surface area contributed by atoms with Crippen LogP contribution in [0.5, 0.6) is 0 Å². The van der Waals surface area contributed by atoms with Crippen molar-refractivity contribution in [2.45, 2.75) is 24.0 Å². The number of nitrogens with one attached hydrogen (secondary N) is 1. The lowest BCUT2D eigenvalue weighted by Crippen LogP contribution is -2.35. The minimum Gasteiger partial charge on any atom is -0.465 e. The molecule has 0 heterocycles. The first-order chi connectivity index (χ1) is 12.1. The van der Waals surface area contributed by atoms with Crippen LogP contribution < -0.4 is 4.72 Å². The van der Waals surface area contributed by atoms with Crippen LogP contribution in [0.4, 0.5) is 13.2 Å². The largest absolute Gasteiger partial charge is 0.465 e. The maximum absolute atomic E-state index is 12.8. The van der Waals surface area contributed by atoms with Crippen molar-refractivity contribution in [3.8, 4) is 0 Å². The fourth-order valence-electron chi connectivity index (χ4n) is 2.19. The molecule has 2 aromatic carbocycles. The summed E-state index contributed by atoms with van der Waals surface area (Å²) in [6.45, 7) is 1.58. The predicted molar refractivity (Wildman–Crippen MR) is 87.6 cm³/mol. The first-order valence-corrected chi connectivity index (χ1v) is 9.04. The van der Waals surface area contributed by atoms with Crippen LogP contribution in [0.15, 0.2) is 59.5 Å². The highest BCUT2D eigenvalue weighted by atomic mass is 32.2. The van der Waals surface area contributed by atoms with Gasteiger partial charge in [-0.2, -0.15) is 17.9 Å². The standard InChI is InChI=1S/C17H16F3NO4S/c1-2-25-16(22)15(12-7-4-3-5-8-12)21-26(23,24)14-10-6-9-13(11-14)17(18,19)20/h3-11,15,21H,2H2,1H3/t15-/m1/s1. The van der Waals surface area contributed by atoms with E-state index in [0.29, 0.717) is 11.6 Å². The third-order valence-corrected chi connectivity index (χ3v) is 4.82. The Hall–Kier alpha value is -2.39. The van der Waals surface area contributed by atoms with E-state index in [-0.39, 0.29) is 6.61 Å². The van der Waals surface area contributed by atoms with Gasteiger partial charge in [-0.25, -0.2) is 13.2 Å². The van der Waals surface area contributed by atoms with E-state index < -0.39 is 38.7 Å². The number of carbonyl (C=O) groups is 1. The van der Waals surface area contributed by atoms with Gasteiger partial charge in [0.1, 0.15) is 6.04 Å². The Morgan fingerprint density at radius 2 is 1.77 bits per heavy atom. The molecule has 0 radical (unpaired) electrons. The second-order valence-electron chi connectivity index (χ2n) is 5.24. The van der Waals surface area contributed by atoms with Gasteiger partial charge in [-0.3, -0.25) is 0 Å². The average Bonchev–Trinajstić information content (AvgIpc) is 2.60. The zero-order chi connectivity index (χ0) is 19.4. The number of benzene rings is 2. The van der Waals surface area contributed by atoms with Crippen LogP contribution in [-0.4, -0.2) is 21.0 Å². The molecule has 0 unspecified atom stereocenters. The number of alkyl halides is 3. The highest BCUT2D eigenvalue weighted by Crippen LogP contribution is 2.30. The molecule has 0 aliphatic rings. The van der Waals surface area contributed by atoms with Gasteiger partial charge in [-0.05, 0) is 30.7 Å². The van der Waals surface area contributed by atoms with Gasteiger partial charge < -0.3 is 4.74 Å². The summed E-state index contributed by atoms with van der Waals surface area (Å²) in [5, 5.41) is 0. The minimum atomic E-state index is -4.69. The van der Waals surface area contributed by atoms with E-state index >= 15 is 0 Å². The van der Waals surface area contributed by atoms with Gasteiger partial charge in [0.2, 0.25) is 10.0 Å². The van der Waals surface area contributed by atoms with Gasteiger partial charge in [0.05, 0.1) is 17.1 Å². The number of carbonyl (C=O) groups excluding carboxylic acids is 1. The third kappa shape index (κ3) is 4.83. The van der Waals surface area contributed by atoms with Crippen molar-refractivity contribution in [3.05, 3.63) is 65.7 Å². The first-order valence-electron chi connectivity index (χ1n) is 7.56. The lowest BCUT2D eigenvalue weighted by Gasteiger charge is -2.18. The van der Waals surface area contributed by atoms with Gasteiger partial charge in [0, 0.05) is 0 Å². The summed E-state index contributed by atoms with van der Waals surface area (Å²) < 4.78 is 70.5. The van der Waals surface area contributed by atoms with E-state index in [1.807, 2.05) is 0 Å². The first kappa shape index (κ1) is 19.9. The smallest absolute Gasteiger partial charge is 0.416 e. The Morgan fingerprint density at radius 3 is 2.35 bits per heavy atom. The Balaban J connectivity index is 2.39. The van der Waals surface area contributed by atoms with Crippen LogP contribution in [0.1, 0.15) is 24.1 Å². The SMILES string of the molecule is CCOC(=O)[C@H](NS(=O)(=O)c1cccc(C(F)(F)F)c1)c1ccccc1. The second kappa shape index (κ2) is 7.88. The molecule has 0 saturated carbocycles. The normalized spacial score (nSPS) is 13.2. The molecule has 1 N–H and O–H groups in total. The van der Waals surface area contributed by atoms with E-state index in [9.17, 15) is 26.4 Å². The molecule has 26 heavy (non-hydrogen) atoms. The number of rotatable bonds is 6. The van der Waals surface area contributed by atoms with Crippen LogP contribution in [0.25, 0.3) is 0 Å². The summed E-state index contributed by atoms with van der Waals surface area (Å²) in [4.78, 5) is 11.6. The molecule has 2 aromatic rings. The number of esters is 1. The maximum atomic E-state index is 12.8. The Labute approximate surface area is 148 Å². The quantitative estimate of drug-likeness (QED) is 0.772. The average molecular weight is 387 g/mol. The van der Waals surface area contributed by atoms with Gasteiger partial charge in [0.15, 0.2) is 0 Å². The summed E-state index contributed by atoms with van der Waals surface area (Å²) >= 11 is 0. The topological polar surface area (TPSA) is 72.5 Å². The number of hydrogen-bond acceptors (Lipinski definition) is 4. The highest BCUT2D eigenvalue weighted by molar-refractivity contribution is 7.89. The molecule has 5 nitrogen and oxygen atoms in total. The van der Waals surface area contributed by atoms with Crippen molar-refractivity contribution < 1.29 is 31.1 Å². The summed E-state index contributed by atoms with van der Waals surface area (Å²) in [5.74, 6) is -0.853. The van der Waals surface area contributed by atoms with Gasteiger partial charge in [-0.15, -0.1) is 0 Å². The summed E-state index contributed by atoms with van der Waals surface area (Å²) in [7, 11) is -4.40. The molecule has 9 heteroatoms. The highest BCUT2D eigenvalue weighted by Gasteiger charge is 2.33. The number of halogens is 3. The second-order valence-corrected chi connectivity index (χ2v) is 6.96. The molecule has 0 spiro atoms. The summed E-state index contributed by atoms with van der Waals surface area (Å²) in [6, 6.07) is 9.79. The van der Waals surface area contributed by atoms with Crippen LogP contribution >= 0.6 is 0 Å². The lowest BCUT2D eigenvalue weighted by atomic mass is 10.1. The molecule has 0 aliphatic carbocycles. The third-order valence-electron chi connectivity index (χ3n) is 3.40. The Morgan fingerprint density at radius 1 is 1.12 bits per heavy atom. The van der Waals surface area contributed by atoms with Crippen LogP contribution in [0.2, 0.25) is 0 Å². The van der Waals surface area contributed by atoms with Gasteiger partial charge in [-0.1, -0.05) is 36.4 Å². The zero-order valence-electron chi connectivity index (χ0n) is 13.7. The number of sulfonamides is 1. The van der Waals surface area contributed by atoms with E-state index in [0.717, 1.165) is 18.2 Å². The molecule has 2 rings (SSSR count). The summed E-state index contributed by atoms with van der Waals surface area (Å²) in [6.07, 6.45) is -4.69. The molecular weight excluding hydrogens is 371 g/mol. The van der Waals surface area contributed by atoms with Crippen molar-refractivity contribution in [3.63, 3.8) is 0 Å². The maximum Gasteiger partial charge on any atom is 0.416 e. The fourth-order valence-corrected chi connectivity index (χ4v) is 3.40. The van der Waals surface area contributed by atoms with Crippen LogP contribution in [0, 0.1) is 0 Å². The van der Waals surface area contributed by atoms with E-state index in [1.165, 1.54) is 12.1 Å². The van der Waals surface area contributed by atoms with Crippen LogP contribution in [0.3, 0.4) is 0 Å². The molecule has 0 fully saturated rings. The van der Waals surface area contributed by atoms with Crippen LogP contribution in [-0.2, 0) is 25.7 Å². The Bertz CT molecular complexity index is 867. The molecule has 0 aromatic heterocycles. The minimum absolute atomic E-state index is 0.0213. The molecule has 0 amide bonds. The van der Waals surface area contributed by atoms with E-state index in [2.05, 4.69) is 4.72 Å². The molecular formula is C17H16F3NO4S.